The number of nitrogen functional groups attached to an aromatic ring is 1. The predicted octanol–water partition coefficient (Wildman–Crippen LogP) is 2.08. The third kappa shape index (κ3) is 2.58. The summed E-state index contributed by atoms with van der Waals surface area (Å²) in [5.74, 6) is -0.354. The van der Waals surface area contributed by atoms with Crippen molar-refractivity contribution in [1.29, 1.82) is 0 Å². The standard InChI is InChI=1S/C11H10N2O2S/c12-11-13-9(7-16-11)6-15-10(14)8-4-2-1-3-5-8/h1-5,7H,6H2,(H2,12,13). The molecule has 0 bridgehead atoms. The number of carbonyl (C=O) groups is 1. The molecular formula is C11H10N2O2S. The van der Waals surface area contributed by atoms with E-state index in [9.17, 15) is 4.79 Å². The van der Waals surface area contributed by atoms with E-state index >= 15 is 0 Å². The number of hydrogen-bond acceptors (Lipinski definition) is 5. The van der Waals surface area contributed by atoms with Crippen LogP contribution in [0.1, 0.15) is 16.1 Å². The third-order valence-electron chi connectivity index (χ3n) is 1.93. The number of nitrogens with two attached hydrogens (primary N) is 1. The van der Waals surface area contributed by atoms with Crippen molar-refractivity contribution in [3.05, 3.63) is 47.0 Å². The molecule has 0 aliphatic heterocycles. The Hall–Kier alpha value is -1.88. The summed E-state index contributed by atoms with van der Waals surface area (Å²) in [4.78, 5) is 15.5. The normalized spacial score (nSPS) is 10.0. The summed E-state index contributed by atoms with van der Waals surface area (Å²) in [6.07, 6.45) is 0. The summed E-state index contributed by atoms with van der Waals surface area (Å²) in [6.45, 7) is 0.154. The minimum atomic E-state index is -0.354. The number of carbonyl (C=O) groups excluding carboxylic acids is 1. The Morgan fingerprint density at radius 2 is 2.12 bits per heavy atom. The molecular weight excluding hydrogens is 224 g/mol. The van der Waals surface area contributed by atoms with Crippen LogP contribution in [0.15, 0.2) is 35.7 Å². The largest absolute Gasteiger partial charge is 0.456 e. The Labute approximate surface area is 96.7 Å². The Morgan fingerprint density at radius 3 is 2.75 bits per heavy atom. The fourth-order valence-electron chi connectivity index (χ4n) is 1.19. The molecule has 0 atom stereocenters. The highest BCUT2D eigenvalue weighted by Gasteiger charge is 2.07. The topological polar surface area (TPSA) is 65.2 Å². The average molecular weight is 234 g/mol. The van der Waals surface area contributed by atoms with Crippen molar-refractivity contribution in [3.8, 4) is 0 Å². The van der Waals surface area contributed by atoms with Gasteiger partial charge in [0.1, 0.15) is 6.61 Å². The summed E-state index contributed by atoms with van der Waals surface area (Å²) < 4.78 is 5.08. The van der Waals surface area contributed by atoms with E-state index in [0.29, 0.717) is 16.4 Å². The zero-order valence-electron chi connectivity index (χ0n) is 8.42. The van der Waals surface area contributed by atoms with Crippen molar-refractivity contribution in [3.63, 3.8) is 0 Å². The molecule has 0 aliphatic rings. The smallest absolute Gasteiger partial charge is 0.338 e. The molecule has 2 rings (SSSR count). The van der Waals surface area contributed by atoms with Gasteiger partial charge in [-0.1, -0.05) is 18.2 Å². The third-order valence-corrected chi connectivity index (χ3v) is 2.65. The van der Waals surface area contributed by atoms with Gasteiger partial charge in [-0.05, 0) is 12.1 Å². The Morgan fingerprint density at radius 1 is 1.38 bits per heavy atom. The lowest BCUT2D eigenvalue weighted by Crippen LogP contribution is -2.05. The highest BCUT2D eigenvalue weighted by atomic mass is 32.1. The molecule has 1 aromatic carbocycles. The summed E-state index contributed by atoms with van der Waals surface area (Å²) in [7, 11) is 0. The quantitative estimate of drug-likeness (QED) is 0.826. The first-order valence-corrected chi connectivity index (χ1v) is 5.56. The molecule has 4 nitrogen and oxygen atoms in total. The maximum Gasteiger partial charge on any atom is 0.338 e. The number of esters is 1. The number of ether oxygens (including phenoxy) is 1. The second kappa shape index (κ2) is 4.76. The van der Waals surface area contributed by atoms with E-state index < -0.39 is 0 Å². The molecule has 16 heavy (non-hydrogen) atoms. The van der Waals surface area contributed by atoms with Crippen molar-refractivity contribution in [2.75, 3.05) is 5.73 Å². The number of nitrogens with zero attached hydrogens (tertiary/aromatic N) is 1. The van der Waals surface area contributed by atoms with E-state index in [0.717, 1.165) is 0 Å². The molecule has 0 radical (unpaired) electrons. The molecule has 1 heterocycles. The van der Waals surface area contributed by atoms with E-state index in [1.807, 2.05) is 6.07 Å². The van der Waals surface area contributed by atoms with E-state index in [1.165, 1.54) is 11.3 Å². The molecule has 2 N–H and O–H groups in total. The van der Waals surface area contributed by atoms with Crippen LogP contribution in [0.25, 0.3) is 0 Å². The summed E-state index contributed by atoms with van der Waals surface area (Å²) in [6, 6.07) is 8.84. The number of hydrogen-bond donors (Lipinski definition) is 1. The van der Waals surface area contributed by atoms with Crippen LogP contribution in [0.2, 0.25) is 0 Å². The molecule has 0 saturated carbocycles. The van der Waals surface area contributed by atoms with Gasteiger partial charge in [0.25, 0.3) is 0 Å². The number of rotatable bonds is 3. The second-order valence-electron chi connectivity index (χ2n) is 3.12. The molecule has 0 amide bonds. The van der Waals surface area contributed by atoms with Gasteiger partial charge in [0.05, 0.1) is 11.3 Å². The Balaban J connectivity index is 1.94. The molecule has 0 spiro atoms. The van der Waals surface area contributed by atoms with Gasteiger partial charge in [0.15, 0.2) is 5.13 Å². The van der Waals surface area contributed by atoms with Crippen LogP contribution < -0.4 is 5.73 Å². The van der Waals surface area contributed by atoms with Crippen molar-refractivity contribution < 1.29 is 9.53 Å². The fraction of sp³-hybridized carbons (Fsp3) is 0.0909. The molecule has 0 unspecified atom stereocenters. The van der Waals surface area contributed by atoms with Crippen molar-refractivity contribution in [1.82, 2.24) is 4.98 Å². The van der Waals surface area contributed by atoms with Crippen molar-refractivity contribution >= 4 is 22.4 Å². The molecule has 0 aliphatic carbocycles. The van der Waals surface area contributed by atoms with Crippen molar-refractivity contribution in [2.24, 2.45) is 0 Å². The van der Waals surface area contributed by atoms with E-state index in [2.05, 4.69) is 4.98 Å². The van der Waals surface area contributed by atoms with E-state index in [4.69, 9.17) is 10.5 Å². The summed E-state index contributed by atoms with van der Waals surface area (Å²) in [5, 5.41) is 2.25. The zero-order valence-corrected chi connectivity index (χ0v) is 9.24. The van der Waals surface area contributed by atoms with Gasteiger partial charge >= 0.3 is 5.97 Å². The molecule has 0 saturated heterocycles. The van der Waals surface area contributed by atoms with Crippen molar-refractivity contribution in [2.45, 2.75) is 6.61 Å². The van der Waals surface area contributed by atoms with Gasteiger partial charge in [-0.15, -0.1) is 11.3 Å². The number of thiazole rings is 1. The SMILES string of the molecule is Nc1nc(COC(=O)c2ccccc2)cs1. The molecule has 82 valence electrons. The molecule has 1 aromatic heterocycles. The average Bonchev–Trinajstić information content (AvgIpc) is 2.73. The minimum Gasteiger partial charge on any atom is -0.456 e. The summed E-state index contributed by atoms with van der Waals surface area (Å²) >= 11 is 1.33. The lowest BCUT2D eigenvalue weighted by Gasteiger charge is -2.01. The highest BCUT2D eigenvalue weighted by Crippen LogP contribution is 2.12. The lowest BCUT2D eigenvalue weighted by molar-refractivity contribution is 0.0468. The van der Waals surface area contributed by atoms with Crippen LogP contribution in [0.5, 0.6) is 0 Å². The number of anilines is 1. The van der Waals surface area contributed by atoms with Gasteiger partial charge < -0.3 is 10.5 Å². The maximum atomic E-state index is 11.5. The van der Waals surface area contributed by atoms with Crippen LogP contribution in [0.3, 0.4) is 0 Å². The van der Waals surface area contributed by atoms with Gasteiger partial charge in [-0.2, -0.15) is 0 Å². The zero-order chi connectivity index (χ0) is 11.4. The molecule has 0 fully saturated rings. The highest BCUT2D eigenvalue weighted by molar-refractivity contribution is 7.13. The first-order chi connectivity index (χ1) is 7.75. The van der Waals surface area contributed by atoms with Gasteiger partial charge in [0, 0.05) is 5.38 Å². The maximum absolute atomic E-state index is 11.5. The minimum absolute atomic E-state index is 0.154. The predicted molar refractivity (Wildman–Crippen MR) is 62.1 cm³/mol. The van der Waals surface area contributed by atoms with Crippen LogP contribution in [-0.2, 0) is 11.3 Å². The Kier molecular flexibility index (Phi) is 3.16. The van der Waals surface area contributed by atoms with E-state index in [-0.39, 0.29) is 12.6 Å². The van der Waals surface area contributed by atoms with Crippen LogP contribution >= 0.6 is 11.3 Å². The molecule has 5 heteroatoms. The van der Waals surface area contributed by atoms with Gasteiger partial charge in [0.2, 0.25) is 0 Å². The van der Waals surface area contributed by atoms with Crippen LogP contribution in [0.4, 0.5) is 5.13 Å². The Bertz CT molecular complexity index is 482. The number of benzene rings is 1. The monoisotopic (exact) mass is 234 g/mol. The van der Waals surface area contributed by atoms with Crippen LogP contribution in [0, 0.1) is 0 Å². The molecule has 2 aromatic rings. The first-order valence-electron chi connectivity index (χ1n) is 4.68. The number of aromatic nitrogens is 1. The summed E-state index contributed by atoms with van der Waals surface area (Å²) in [5.41, 5.74) is 6.67. The second-order valence-corrected chi connectivity index (χ2v) is 4.01. The fourth-order valence-corrected chi connectivity index (χ4v) is 1.73. The van der Waals surface area contributed by atoms with Gasteiger partial charge in [-0.25, -0.2) is 9.78 Å². The van der Waals surface area contributed by atoms with E-state index in [1.54, 1.807) is 29.6 Å². The first kappa shape index (κ1) is 10.6. The van der Waals surface area contributed by atoms with Crippen LogP contribution in [-0.4, -0.2) is 11.0 Å². The lowest BCUT2D eigenvalue weighted by atomic mass is 10.2. The van der Waals surface area contributed by atoms with Gasteiger partial charge in [-0.3, -0.25) is 0 Å².